The third-order valence-corrected chi connectivity index (χ3v) is 10.2. The highest BCUT2D eigenvalue weighted by atomic mass is 16.1. The lowest BCUT2D eigenvalue weighted by Crippen LogP contribution is -2.42. The maximum atomic E-state index is 15.1. The Labute approximate surface area is 265 Å². The first-order chi connectivity index (χ1) is 22.5. The highest BCUT2D eigenvalue weighted by molar-refractivity contribution is 6.35. The van der Waals surface area contributed by atoms with Crippen molar-refractivity contribution < 1.29 is 9.59 Å². The number of carbonyl (C=O) groups is 2. The Morgan fingerprint density at radius 3 is 1.61 bits per heavy atom. The van der Waals surface area contributed by atoms with E-state index in [9.17, 15) is 0 Å². The van der Waals surface area contributed by atoms with Gasteiger partial charge in [-0.05, 0) is 54.8 Å². The molecule has 4 aliphatic rings. The number of ketones is 2. The number of anilines is 1. The molecule has 3 aliphatic carbocycles. The zero-order valence-electron chi connectivity index (χ0n) is 25.1. The number of carbonyl (C=O) groups excluding carboxylic acids is 2. The molecular formula is C41H25N3O2. The van der Waals surface area contributed by atoms with E-state index < -0.39 is 5.41 Å². The third kappa shape index (κ3) is 2.87. The molecular weight excluding hydrogens is 566 g/mol. The summed E-state index contributed by atoms with van der Waals surface area (Å²) in [6, 6.07) is 37.9. The number of rotatable bonds is 1. The number of para-hydroxylation sites is 1. The van der Waals surface area contributed by atoms with Crippen molar-refractivity contribution >= 4 is 39.7 Å². The lowest BCUT2D eigenvalue weighted by atomic mass is 9.64. The molecule has 0 radical (unpaired) electrons. The van der Waals surface area contributed by atoms with Crippen molar-refractivity contribution in [3.05, 3.63) is 171 Å². The molecule has 1 spiro atoms. The summed E-state index contributed by atoms with van der Waals surface area (Å²) in [4.78, 5) is 42.9. The summed E-state index contributed by atoms with van der Waals surface area (Å²) in [5.41, 5.74) is 12.1. The van der Waals surface area contributed by atoms with Gasteiger partial charge in [0.15, 0.2) is 11.6 Å². The molecule has 6 aromatic rings. The van der Waals surface area contributed by atoms with Gasteiger partial charge in [-0.3, -0.25) is 9.59 Å². The summed E-state index contributed by atoms with van der Waals surface area (Å²) >= 11 is 0. The molecule has 0 saturated carbocycles. The summed E-state index contributed by atoms with van der Waals surface area (Å²) in [5, 5.41) is 0. The van der Waals surface area contributed by atoms with Crippen LogP contribution in [0, 0.1) is 13.8 Å². The molecule has 5 nitrogen and oxygen atoms in total. The summed E-state index contributed by atoms with van der Waals surface area (Å²) in [7, 11) is 0. The van der Waals surface area contributed by atoms with Gasteiger partial charge in [-0.1, -0.05) is 91.0 Å². The molecule has 10 rings (SSSR count). The molecule has 0 fully saturated rings. The van der Waals surface area contributed by atoms with Crippen LogP contribution in [0.2, 0.25) is 0 Å². The summed E-state index contributed by atoms with van der Waals surface area (Å²) in [6.07, 6.45) is 0. The normalized spacial score (nSPS) is 16.5. The van der Waals surface area contributed by atoms with Crippen LogP contribution in [0.25, 0.3) is 33.7 Å². The summed E-state index contributed by atoms with van der Waals surface area (Å²) in [5.74, 6) is -0.182. The Morgan fingerprint density at radius 1 is 0.543 bits per heavy atom. The van der Waals surface area contributed by atoms with Gasteiger partial charge in [0, 0.05) is 44.7 Å². The van der Waals surface area contributed by atoms with Crippen LogP contribution in [0.5, 0.6) is 0 Å². The van der Waals surface area contributed by atoms with Gasteiger partial charge in [0.25, 0.3) is 0 Å². The Kier molecular flexibility index (Phi) is 4.75. The van der Waals surface area contributed by atoms with Crippen molar-refractivity contribution in [3.8, 4) is 11.3 Å². The molecule has 0 bridgehead atoms. The van der Waals surface area contributed by atoms with Crippen molar-refractivity contribution in [3.63, 3.8) is 0 Å². The fraction of sp³-hybridized carbons (Fsp3) is 0.0732. The maximum absolute atomic E-state index is 15.1. The number of allylic oxidation sites excluding steroid dienone is 2. The topological polar surface area (TPSA) is 63.2 Å². The van der Waals surface area contributed by atoms with Crippen LogP contribution in [0.3, 0.4) is 0 Å². The van der Waals surface area contributed by atoms with E-state index in [2.05, 4.69) is 36.9 Å². The smallest absolute Gasteiger partial charge is 0.193 e. The first kappa shape index (κ1) is 25.4. The van der Waals surface area contributed by atoms with Crippen LogP contribution >= 0.6 is 0 Å². The molecule has 5 heteroatoms. The molecule has 5 aromatic carbocycles. The van der Waals surface area contributed by atoms with E-state index in [-0.39, 0.29) is 11.6 Å². The molecule has 46 heavy (non-hydrogen) atoms. The van der Waals surface area contributed by atoms with Gasteiger partial charge in [-0.25, -0.2) is 9.97 Å². The second kappa shape index (κ2) is 8.61. The molecule has 2 heterocycles. The fourth-order valence-corrected chi connectivity index (χ4v) is 8.17. The number of hydrogen-bond donors (Lipinski definition) is 0. The number of aromatic nitrogens is 2. The molecule has 216 valence electrons. The van der Waals surface area contributed by atoms with Crippen LogP contribution in [0.15, 0.2) is 126 Å². The quantitative estimate of drug-likeness (QED) is 0.193. The minimum atomic E-state index is -1.27. The molecule has 0 unspecified atom stereocenters. The van der Waals surface area contributed by atoms with Crippen LogP contribution in [0.1, 0.15) is 54.2 Å². The third-order valence-electron chi connectivity index (χ3n) is 10.2. The SMILES string of the molecule is Cc1cc2nc3c(nc2cc1C)C1(C2=C(c4ccccc4C2=O)N(c2ccccc2)C2=C1C(=O)c1ccccc12)c1ccccc1-3. The fourth-order valence-electron chi connectivity index (χ4n) is 8.17. The minimum Gasteiger partial charge on any atom is -0.308 e. The highest BCUT2D eigenvalue weighted by Gasteiger charge is 2.63. The van der Waals surface area contributed by atoms with E-state index in [1.807, 2.05) is 97.1 Å². The monoisotopic (exact) mass is 591 g/mol. The number of aryl methyl sites for hydroxylation is 2. The van der Waals surface area contributed by atoms with Gasteiger partial charge in [-0.15, -0.1) is 0 Å². The lowest BCUT2D eigenvalue weighted by Gasteiger charge is -2.42. The Morgan fingerprint density at radius 2 is 1.02 bits per heavy atom. The molecule has 1 aromatic heterocycles. The van der Waals surface area contributed by atoms with Crippen molar-refractivity contribution in [1.82, 2.24) is 9.97 Å². The van der Waals surface area contributed by atoms with Crippen molar-refractivity contribution in [2.45, 2.75) is 19.3 Å². The average Bonchev–Trinajstić information content (AvgIpc) is 3.66. The van der Waals surface area contributed by atoms with Gasteiger partial charge in [0.2, 0.25) is 0 Å². The van der Waals surface area contributed by atoms with E-state index in [0.717, 1.165) is 61.5 Å². The molecule has 0 saturated heterocycles. The highest BCUT2D eigenvalue weighted by Crippen LogP contribution is 2.65. The van der Waals surface area contributed by atoms with Gasteiger partial charge in [-0.2, -0.15) is 0 Å². The predicted octanol–water partition coefficient (Wildman–Crippen LogP) is 8.25. The van der Waals surface area contributed by atoms with Crippen molar-refractivity contribution in [2.75, 3.05) is 4.90 Å². The van der Waals surface area contributed by atoms with Crippen LogP contribution in [-0.4, -0.2) is 21.5 Å². The Balaban J connectivity index is 1.44. The number of Topliss-reactive ketones (excluding diaryl/α,β-unsaturated/α-hetero) is 2. The van der Waals surface area contributed by atoms with E-state index in [1.165, 1.54) is 0 Å². The molecule has 0 atom stereocenters. The van der Waals surface area contributed by atoms with Crippen LogP contribution in [-0.2, 0) is 5.41 Å². The summed E-state index contributed by atoms with van der Waals surface area (Å²) < 4.78 is 0. The first-order valence-corrected chi connectivity index (χ1v) is 15.5. The average molecular weight is 592 g/mol. The van der Waals surface area contributed by atoms with E-state index in [1.54, 1.807) is 0 Å². The Hall–Kier alpha value is -5.94. The second-order valence-electron chi connectivity index (χ2n) is 12.5. The Bertz CT molecular complexity index is 2410. The van der Waals surface area contributed by atoms with Crippen molar-refractivity contribution in [2.24, 2.45) is 0 Å². The van der Waals surface area contributed by atoms with Gasteiger partial charge in [0.05, 0.1) is 33.8 Å². The molecule has 0 amide bonds. The van der Waals surface area contributed by atoms with Crippen molar-refractivity contribution in [1.29, 1.82) is 0 Å². The molecule has 0 N–H and O–H groups in total. The maximum Gasteiger partial charge on any atom is 0.193 e. The number of hydrogen-bond acceptors (Lipinski definition) is 5. The predicted molar refractivity (Wildman–Crippen MR) is 180 cm³/mol. The standard InChI is InChI=1S/C41H25N3O2/c1-22-20-31-32(21-23(22)2)43-40-35(42-31)29-18-10-11-19-30(29)41(40)33-36(25-14-6-8-16-27(25)38(33)45)44(24-12-4-3-5-13-24)37-26-15-7-9-17-28(26)39(46)34(37)41/h3-21H,1-2H3. The number of benzene rings is 5. The van der Waals surface area contributed by atoms with E-state index in [4.69, 9.17) is 9.97 Å². The minimum absolute atomic E-state index is 0.0912. The zero-order chi connectivity index (χ0) is 30.9. The first-order valence-electron chi connectivity index (χ1n) is 15.5. The van der Waals surface area contributed by atoms with E-state index in [0.29, 0.717) is 33.7 Å². The van der Waals surface area contributed by atoms with Gasteiger partial charge in [0.1, 0.15) is 5.41 Å². The summed E-state index contributed by atoms with van der Waals surface area (Å²) in [6.45, 7) is 4.15. The second-order valence-corrected chi connectivity index (χ2v) is 12.5. The van der Waals surface area contributed by atoms with Gasteiger partial charge < -0.3 is 4.90 Å². The molecule has 1 aliphatic heterocycles. The lowest BCUT2D eigenvalue weighted by molar-refractivity contribution is 0.101. The van der Waals surface area contributed by atoms with Crippen LogP contribution in [0.4, 0.5) is 5.69 Å². The van der Waals surface area contributed by atoms with Gasteiger partial charge >= 0.3 is 0 Å². The number of fused-ring (bicyclic) bond motifs is 12. The largest absolute Gasteiger partial charge is 0.308 e. The van der Waals surface area contributed by atoms with Crippen LogP contribution < -0.4 is 4.90 Å². The van der Waals surface area contributed by atoms with E-state index >= 15 is 9.59 Å². The zero-order valence-corrected chi connectivity index (χ0v) is 25.1. The number of nitrogens with zero attached hydrogens (tertiary/aromatic N) is 3.